The fourth-order valence-electron chi connectivity index (χ4n) is 2.74. The van der Waals surface area contributed by atoms with Crippen molar-refractivity contribution in [3.8, 4) is 5.75 Å². The minimum absolute atomic E-state index is 0.00578. The van der Waals surface area contributed by atoms with Gasteiger partial charge in [-0.1, -0.05) is 42.8 Å². The minimum atomic E-state index is -3.83. The lowest BCUT2D eigenvalue weighted by molar-refractivity contribution is 0.102. The van der Waals surface area contributed by atoms with Crippen molar-refractivity contribution in [1.82, 2.24) is 0 Å². The van der Waals surface area contributed by atoms with Gasteiger partial charge in [-0.15, -0.1) is 0 Å². The molecule has 0 fully saturated rings. The van der Waals surface area contributed by atoms with Gasteiger partial charge in [0.05, 0.1) is 17.2 Å². The molecule has 6 nitrogen and oxygen atoms in total. The summed E-state index contributed by atoms with van der Waals surface area (Å²) in [5, 5.41) is 2.79. The molecule has 0 unspecified atom stereocenters. The lowest BCUT2D eigenvalue weighted by Crippen LogP contribution is -2.16. The molecule has 0 bridgehead atoms. The molecule has 0 spiro atoms. The van der Waals surface area contributed by atoms with E-state index in [0.29, 0.717) is 23.7 Å². The standard InChI is InChI=1S/C23H24N2O4S/c1-3-15-29-22-10-5-4-9-21(22)24-23(26)18-7-6-8-20(16-18)30(27,28)25-19-13-11-17(2)12-14-19/h4-14,16,25H,3,15H2,1-2H3,(H,24,26). The smallest absolute Gasteiger partial charge is 0.261 e. The van der Waals surface area contributed by atoms with Crippen LogP contribution in [0.1, 0.15) is 29.3 Å². The molecule has 0 radical (unpaired) electrons. The number of para-hydroxylation sites is 2. The van der Waals surface area contributed by atoms with Crippen LogP contribution in [-0.2, 0) is 10.0 Å². The number of hydrogen-bond acceptors (Lipinski definition) is 4. The molecule has 0 heterocycles. The zero-order valence-corrected chi connectivity index (χ0v) is 17.7. The lowest BCUT2D eigenvalue weighted by atomic mass is 10.2. The zero-order valence-electron chi connectivity index (χ0n) is 16.9. The quantitative estimate of drug-likeness (QED) is 0.542. The highest BCUT2D eigenvalue weighted by Crippen LogP contribution is 2.25. The monoisotopic (exact) mass is 424 g/mol. The summed E-state index contributed by atoms with van der Waals surface area (Å²) in [5.74, 6) is 0.146. The third kappa shape index (κ3) is 5.39. The van der Waals surface area contributed by atoms with E-state index >= 15 is 0 Å². The summed E-state index contributed by atoms with van der Waals surface area (Å²) in [4.78, 5) is 12.7. The molecule has 0 aliphatic heterocycles. The van der Waals surface area contributed by atoms with Gasteiger partial charge >= 0.3 is 0 Å². The van der Waals surface area contributed by atoms with Crippen LogP contribution in [0.25, 0.3) is 0 Å². The van der Waals surface area contributed by atoms with Gasteiger partial charge in [0.2, 0.25) is 0 Å². The summed E-state index contributed by atoms with van der Waals surface area (Å²) in [6.45, 7) is 4.45. The maximum absolute atomic E-state index is 12.7. The van der Waals surface area contributed by atoms with Gasteiger partial charge in [0.15, 0.2) is 0 Å². The SMILES string of the molecule is CCCOc1ccccc1NC(=O)c1cccc(S(=O)(=O)Nc2ccc(C)cc2)c1. The molecule has 3 aromatic rings. The summed E-state index contributed by atoms with van der Waals surface area (Å²) in [7, 11) is -3.83. The van der Waals surface area contributed by atoms with E-state index in [0.717, 1.165) is 12.0 Å². The Balaban J connectivity index is 1.79. The van der Waals surface area contributed by atoms with Crippen molar-refractivity contribution < 1.29 is 17.9 Å². The third-order valence-electron chi connectivity index (χ3n) is 4.31. The Morgan fingerprint density at radius 1 is 0.967 bits per heavy atom. The maximum Gasteiger partial charge on any atom is 0.261 e. The van der Waals surface area contributed by atoms with E-state index < -0.39 is 15.9 Å². The minimum Gasteiger partial charge on any atom is -0.491 e. The lowest BCUT2D eigenvalue weighted by Gasteiger charge is -2.13. The van der Waals surface area contributed by atoms with E-state index in [1.54, 1.807) is 36.4 Å². The second kappa shape index (κ2) is 9.45. The van der Waals surface area contributed by atoms with E-state index in [4.69, 9.17) is 4.74 Å². The number of benzene rings is 3. The predicted octanol–water partition coefficient (Wildman–Crippen LogP) is 4.84. The van der Waals surface area contributed by atoms with Crippen molar-refractivity contribution in [1.29, 1.82) is 0 Å². The van der Waals surface area contributed by atoms with Gasteiger partial charge in [-0.2, -0.15) is 0 Å². The number of amides is 1. The van der Waals surface area contributed by atoms with Crippen LogP contribution in [0.5, 0.6) is 5.75 Å². The van der Waals surface area contributed by atoms with Gasteiger partial charge < -0.3 is 10.1 Å². The number of hydrogen-bond donors (Lipinski definition) is 2. The second-order valence-corrected chi connectivity index (χ2v) is 8.48. The van der Waals surface area contributed by atoms with Crippen LogP contribution in [0.4, 0.5) is 11.4 Å². The summed E-state index contributed by atoms with van der Waals surface area (Å²) in [6, 6.07) is 20.1. The predicted molar refractivity (Wildman–Crippen MR) is 119 cm³/mol. The molecule has 1 amide bonds. The first-order valence-electron chi connectivity index (χ1n) is 9.62. The zero-order chi connectivity index (χ0) is 21.6. The first-order valence-corrected chi connectivity index (χ1v) is 11.1. The van der Waals surface area contributed by atoms with E-state index in [-0.39, 0.29) is 10.5 Å². The number of sulfonamides is 1. The Morgan fingerprint density at radius 2 is 1.70 bits per heavy atom. The fourth-order valence-corrected chi connectivity index (χ4v) is 3.85. The Morgan fingerprint density at radius 3 is 2.43 bits per heavy atom. The van der Waals surface area contributed by atoms with Gasteiger partial charge in [0.1, 0.15) is 5.75 Å². The largest absolute Gasteiger partial charge is 0.491 e. The summed E-state index contributed by atoms with van der Waals surface area (Å²) >= 11 is 0. The van der Waals surface area contributed by atoms with Crippen LogP contribution in [0.3, 0.4) is 0 Å². The maximum atomic E-state index is 12.7. The number of carbonyl (C=O) groups excluding carboxylic acids is 1. The first-order chi connectivity index (χ1) is 14.4. The Labute approximate surface area is 177 Å². The number of nitrogens with one attached hydrogen (secondary N) is 2. The van der Waals surface area contributed by atoms with Crippen molar-refractivity contribution >= 4 is 27.3 Å². The number of rotatable bonds is 8. The van der Waals surface area contributed by atoms with Crippen molar-refractivity contribution in [2.45, 2.75) is 25.2 Å². The third-order valence-corrected chi connectivity index (χ3v) is 5.69. The average molecular weight is 425 g/mol. The molecular formula is C23H24N2O4S. The molecule has 2 N–H and O–H groups in total. The topological polar surface area (TPSA) is 84.5 Å². The van der Waals surface area contributed by atoms with Gasteiger partial charge in [-0.05, 0) is 55.8 Å². The molecule has 0 atom stereocenters. The number of anilines is 2. The van der Waals surface area contributed by atoms with Crippen molar-refractivity contribution in [2.75, 3.05) is 16.6 Å². The van der Waals surface area contributed by atoms with Crippen LogP contribution in [-0.4, -0.2) is 20.9 Å². The Hall–Kier alpha value is -3.32. The van der Waals surface area contributed by atoms with E-state index in [9.17, 15) is 13.2 Å². The number of carbonyl (C=O) groups is 1. The molecule has 7 heteroatoms. The highest BCUT2D eigenvalue weighted by molar-refractivity contribution is 7.92. The van der Waals surface area contributed by atoms with Crippen LogP contribution in [0.2, 0.25) is 0 Å². The van der Waals surface area contributed by atoms with Crippen molar-refractivity contribution in [2.24, 2.45) is 0 Å². The summed E-state index contributed by atoms with van der Waals surface area (Å²) in [6.07, 6.45) is 0.843. The average Bonchev–Trinajstić information content (AvgIpc) is 2.74. The van der Waals surface area contributed by atoms with Crippen molar-refractivity contribution in [3.63, 3.8) is 0 Å². The van der Waals surface area contributed by atoms with E-state index in [2.05, 4.69) is 10.0 Å². The highest BCUT2D eigenvalue weighted by atomic mass is 32.2. The van der Waals surface area contributed by atoms with Gasteiger partial charge in [-0.3, -0.25) is 9.52 Å². The molecule has 0 aliphatic carbocycles. The molecule has 0 aromatic heterocycles. The molecular weight excluding hydrogens is 400 g/mol. The summed E-state index contributed by atoms with van der Waals surface area (Å²) in [5.41, 5.74) is 2.24. The van der Waals surface area contributed by atoms with Gasteiger partial charge in [-0.25, -0.2) is 8.42 Å². The molecule has 3 aromatic carbocycles. The Kier molecular flexibility index (Phi) is 6.74. The van der Waals surface area contributed by atoms with E-state index in [1.807, 2.05) is 32.0 Å². The van der Waals surface area contributed by atoms with Crippen LogP contribution in [0, 0.1) is 6.92 Å². The molecule has 0 saturated heterocycles. The molecule has 156 valence electrons. The first kappa shape index (κ1) is 21.4. The normalized spacial score (nSPS) is 11.0. The second-order valence-electron chi connectivity index (χ2n) is 6.80. The van der Waals surface area contributed by atoms with E-state index in [1.165, 1.54) is 18.2 Å². The Bertz CT molecular complexity index is 1130. The highest BCUT2D eigenvalue weighted by Gasteiger charge is 2.17. The summed E-state index contributed by atoms with van der Waals surface area (Å²) < 4.78 is 33.6. The number of ether oxygens (including phenoxy) is 1. The van der Waals surface area contributed by atoms with Crippen molar-refractivity contribution in [3.05, 3.63) is 83.9 Å². The van der Waals surface area contributed by atoms with Crippen LogP contribution in [0.15, 0.2) is 77.7 Å². The van der Waals surface area contributed by atoms with Crippen LogP contribution < -0.4 is 14.8 Å². The molecule has 3 rings (SSSR count). The molecule has 0 aliphatic rings. The molecule has 0 saturated carbocycles. The molecule has 30 heavy (non-hydrogen) atoms. The van der Waals surface area contributed by atoms with Gasteiger partial charge in [0.25, 0.3) is 15.9 Å². The fraction of sp³-hybridized carbons (Fsp3) is 0.174. The number of aryl methyl sites for hydroxylation is 1. The van der Waals surface area contributed by atoms with Crippen LogP contribution >= 0.6 is 0 Å². The van der Waals surface area contributed by atoms with Gasteiger partial charge in [0, 0.05) is 11.3 Å².